The van der Waals surface area contributed by atoms with E-state index in [0.29, 0.717) is 6.42 Å². The summed E-state index contributed by atoms with van der Waals surface area (Å²) in [5.74, 6) is 0. The van der Waals surface area contributed by atoms with E-state index in [1.807, 2.05) is 43.3 Å². The highest BCUT2D eigenvalue weighted by molar-refractivity contribution is 9.11. The van der Waals surface area contributed by atoms with E-state index in [0.717, 1.165) is 14.2 Å². The van der Waals surface area contributed by atoms with Crippen LogP contribution in [0.4, 0.5) is 0 Å². The van der Waals surface area contributed by atoms with Gasteiger partial charge in [-0.15, -0.1) is 11.3 Å². The number of aliphatic hydroxyl groups excluding tert-OH is 1. The van der Waals surface area contributed by atoms with E-state index in [1.54, 1.807) is 11.3 Å². The molecule has 1 unspecified atom stereocenters. The molecule has 0 radical (unpaired) electrons. The third-order valence-corrected chi connectivity index (χ3v) is 4.71. The Hall–Kier alpha value is -0.640. The summed E-state index contributed by atoms with van der Waals surface area (Å²) in [6.07, 6.45) is 0.269. The van der Waals surface area contributed by atoms with Gasteiger partial charge >= 0.3 is 0 Å². The largest absolute Gasteiger partial charge is 0.387 e. The van der Waals surface area contributed by atoms with Crippen LogP contribution in [-0.2, 0) is 6.42 Å². The smallest absolute Gasteiger partial charge is 0.0922 e. The van der Waals surface area contributed by atoms with Gasteiger partial charge in [0.2, 0.25) is 0 Å². The molecular weight excluding hydrogens is 284 g/mol. The van der Waals surface area contributed by atoms with E-state index >= 15 is 0 Å². The molecule has 0 spiro atoms. The molecule has 1 heterocycles. The Kier molecular flexibility index (Phi) is 3.79. The highest BCUT2D eigenvalue weighted by atomic mass is 79.9. The predicted molar refractivity (Wildman–Crippen MR) is 71.9 cm³/mol. The van der Waals surface area contributed by atoms with Gasteiger partial charge < -0.3 is 5.11 Å². The van der Waals surface area contributed by atoms with Gasteiger partial charge in [-0.2, -0.15) is 0 Å². The Labute approximate surface area is 108 Å². The summed E-state index contributed by atoms with van der Waals surface area (Å²) in [6, 6.07) is 12.1. The molecule has 0 aliphatic heterocycles. The average Bonchev–Trinajstić information content (AvgIpc) is 2.61. The maximum absolute atomic E-state index is 10.1. The van der Waals surface area contributed by atoms with Gasteiger partial charge in [0.1, 0.15) is 0 Å². The van der Waals surface area contributed by atoms with Gasteiger partial charge in [-0.1, -0.05) is 30.3 Å². The molecule has 0 bridgehead atoms. The minimum atomic E-state index is -0.405. The van der Waals surface area contributed by atoms with Crippen molar-refractivity contribution in [1.29, 1.82) is 0 Å². The highest BCUT2D eigenvalue weighted by Gasteiger charge is 2.12. The van der Waals surface area contributed by atoms with Gasteiger partial charge in [-0.3, -0.25) is 0 Å². The second-order valence-electron chi connectivity index (χ2n) is 3.81. The van der Waals surface area contributed by atoms with Gasteiger partial charge in [0.25, 0.3) is 0 Å². The lowest BCUT2D eigenvalue weighted by atomic mass is 10.1. The van der Waals surface area contributed by atoms with Crippen molar-refractivity contribution in [2.24, 2.45) is 0 Å². The Balaban J connectivity index is 2.11. The summed E-state index contributed by atoms with van der Waals surface area (Å²) in [5, 5.41) is 10.1. The molecule has 0 saturated carbocycles. The first-order valence-electron chi connectivity index (χ1n) is 5.14. The van der Waals surface area contributed by atoms with E-state index in [-0.39, 0.29) is 0 Å². The molecule has 16 heavy (non-hydrogen) atoms. The zero-order valence-electron chi connectivity index (χ0n) is 8.98. The molecule has 84 valence electrons. The lowest BCUT2D eigenvalue weighted by Crippen LogP contribution is -1.99. The van der Waals surface area contributed by atoms with Gasteiger partial charge in [0.05, 0.1) is 9.89 Å². The van der Waals surface area contributed by atoms with Crippen molar-refractivity contribution in [3.05, 3.63) is 56.2 Å². The fourth-order valence-corrected chi connectivity index (χ4v) is 3.14. The minimum Gasteiger partial charge on any atom is -0.387 e. The van der Waals surface area contributed by atoms with Crippen molar-refractivity contribution >= 4 is 27.3 Å². The molecule has 0 amide bonds. The second kappa shape index (κ2) is 5.13. The van der Waals surface area contributed by atoms with Crippen molar-refractivity contribution in [2.75, 3.05) is 0 Å². The topological polar surface area (TPSA) is 20.2 Å². The fraction of sp³-hybridized carbons (Fsp3) is 0.231. The van der Waals surface area contributed by atoms with Crippen molar-refractivity contribution in [3.8, 4) is 0 Å². The third kappa shape index (κ3) is 2.73. The lowest BCUT2D eigenvalue weighted by molar-refractivity contribution is 0.182. The van der Waals surface area contributed by atoms with Crippen LogP contribution < -0.4 is 0 Å². The molecule has 0 saturated heterocycles. The van der Waals surface area contributed by atoms with Crippen molar-refractivity contribution < 1.29 is 5.11 Å². The molecule has 1 aromatic heterocycles. The van der Waals surface area contributed by atoms with E-state index < -0.39 is 6.10 Å². The van der Waals surface area contributed by atoms with Crippen LogP contribution in [0, 0.1) is 6.92 Å². The maximum atomic E-state index is 10.1. The second-order valence-corrected chi connectivity index (χ2v) is 6.21. The molecule has 2 aromatic rings. The predicted octanol–water partition coefficient (Wildman–Crippen LogP) is 4.10. The highest BCUT2D eigenvalue weighted by Crippen LogP contribution is 2.32. The normalized spacial score (nSPS) is 12.7. The van der Waals surface area contributed by atoms with Gasteiger partial charge in [0.15, 0.2) is 0 Å². The van der Waals surface area contributed by atoms with Crippen LogP contribution in [0.1, 0.15) is 22.1 Å². The number of rotatable bonds is 3. The standard InChI is InChI=1S/C13H13BrOS/c1-9-7-12(16-13(9)14)11(15)8-10-5-3-2-4-6-10/h2-7,11,15H,8H2,1H3. The number of halogens is 1. The van der Waals surface area contributed by atoms with E-state index in [4.69, 9.17) is 0 Å². The van der Waals surface area contributed by atoms with Crippen LogP contribution in [0.25, 0.3) is 0 Å². The van der Waals surface area contributed by atoms with Crippen LogP contribution in [0.3, 0.4) is 0 Å². The molecule has 0 aliphatic rings. The fourth-order valence-electron chi connectivity index (χ4n) is 1.59. The molecule has 2 rings (SSSR count). The quantitative estimate of drug-likeness (QED) is 0.904. The van der Waals surface area contributed by atoms with E-state index in [9.17, 15) is 5.11 Å². The summed E-state index contributed by atoms with van der Waals surface area (Å²) < 4.78 is 1.11. The Bertz CT molecular complexity index is 445. The monoisotopic (exact) mass is 296 g/mol. The Morgan fingerprint density at radius 2 is 2.00 bits per heavy atom. The van der Waals surface area contributed by atoms with E-state index in [2.05, 4.69) is 15.9 Å². The summed E-state index contributed by atoms with van der Waals surface area (Å²) in [5.41, 5.74) is 2.35. The molecular formula is C13H13BrOS. The molecule has 1 N–H and O–H groups in total. The number of thiophene rings is 1. The zero-order chi connectivity index (χ0) is 11.5. The van der Waals surface area contributed by atoms with Gasteiger partial charge in [0, 0.05) is 11.3 Å². The SMILES string of the molecule is Cc1cc(C(O)Cc2ccccc2)sc1Br. The van der Waals surface area contributed by atoms with Crippen LogP contribution in [0.2, 0.25) is 0 Å². The first kappa shape index (κ1) is 11.8. The Morgan fingerprint density at radius 3 is 2.56 bits per heavy atom. The number of hydrogen-bond acceptors (Lipinski definition) is 2. The first-order chi connectivity index (χ1) is 7.66. The van der Waals surface area contributed by atoms with Crippen molar-refractivity contribution in [1.82, 2.24) is 0 Å². The zero-order valence-corrected chi connectivity index (χ0v) is 11.4. The summed E-state index contributed by atoms with van der Waals surface area (Å²) in [7, 11) is 0. The molecule has 1 aromatic carbocycles. The number of benzene rings is 1. The van der Waals surface area contributed by atoms with Crippen LogP contribution in [0.5, 0.6) is 0 Å². The minimum absolute atomic E-state index is 0.405. The summed E-state index contributed by atoms with van der Waals surface area (Å²) in [4.78, 5) is 1.02. The van der Waals surface area contributed by atoms with Gasteiger partial charge in [-0.25, -0.2) is 0 Å². The Morgan fingerprint density at radius 1 is 1.31 bits per heavy atom. The summed E-state index contributed by atoms with van der Waals surface area (Å²) >= 11 is 5.09. The number of aliphatic hydroxyl groups is 1. The van der Waals surface area contributed by atoms with Gasteiger partial charge in [-0.05, 0) is 40.0 Å². The molecule has 0 fully saturated rings. The number of hydrogen-bond donors (Lipinski definition) is 1. The van der Waals surface area contributed by atoms with E-state index in [1.165, 1.54) is 5.56 Å². The number of aryl methyl sites for hydroxylation is 1. The summed E-state index contributed by atoms with van der Waals surface area (Å²) in [6.45, 7) is 2.04. The molecule has 0 aliphatic carbocycles. The average molecular weight is 297 g/mol. The van der Waals surface area contributed by atoms with Crippen LogP contribution in [0.15, 0.2) is 40.2 Å². The van der Waals surface area contributed by atoms with Crippen molar-refractivity contribution in [2.45, 2.75) is 19.4 Å². The molecule has 3 heteroatoms. The third-order valence-electron chi connectivity index (χ3n) is 2.48. The van der Waals surface area contributed by atoms with Crippen LogP contribution >= 0.6 is 27.3 Å². The van der Waals surface area contributed by atoms with Crippen LogP contribution in [-0.4, -0.2) is 5.11 Å². The molecule has 1 atom stereocenters. The maximum Gasteiger partial charge on any atom is 0.0922 e. The first-order valence-corrected chi connectivity index (χ1v) is 6.75. The van der Waals surface area contributed by atoms with Crippen molar-refractivity contribution in [3.63, 3.8) is 0 Å². The molecule has 1 nitrogen and oxygen atoms in total. The lowest BCUT2D eigenvalue weighted by Gasteiger charge is -2.07.